The monoisotopic (exact) mass is 494 g/mol. The summed E-state index contributed by atoms with van der Waals surface area (Å²) in [7, 11) is 1.26. The van der Waals surface area contributed by atoms with Crippen molar-refractivity contribution in [3.63, 3.8) is 0 Å². The predicted octanol–water partition coefficient (Wildman–Crippen LogP) is 4.19. The van der Waals surface area contributed by atoms with Crippen LogP contribution in [0.1, 0.15) is 11.1 Å². The van der Waals surface area contributed by atoms with Crippen molar-refractivity contribution in [2.45, 2.75) is 11.6 Å². The van der Waals surface area contributed by atoms with Gasteiger partial charge in [-0.15, -0.1) is 0 Å². The molecule has 2 amide bonds. The van der Waals surface area contributed by atoms with Gasteiger partial charge in [-0.05, 0) is 47.5 Å². The maximum atomic E-state index is 14.0. The molecule has 2 heterocycles. The van der Waals surface area contributed by atoms with E-state index in [1.54, 1.807) is 66.7 Å². The average Bonchev–Trinajstić information content (AvgIpc) is 3.33. The number of nitrogens with one attached hydrogen (secondary N) is 1. The molecule has 6 nitrogen and oxygen atoms in total. The molecule has 0 spiro atoms. The molecular formula is C26H20Cl2N2O4. The van der Waals surface area contributed by atoms with Crippen LogP contribution in [0.2, 0.25) is 10.0 Å². The van der Waals surface area contributed by atoms with Gasteiger partial charge in [-0.1, -0.05) is 65.7 Å². The molecule has 3 aromatic rings. The minimum atomic E-state index is -1.25. The summed E-state index contributed by atoms with van der Waals surface area (Å²) in [6.07, 6.45) is 0. The molecule has 0 unspecified atom stereocenters. The van der Waals surface area contributed by atoms with E-state index in [0.717, 1.165) is 4.90 Å². The molecule has 2 aliphatic heterocycles. The normalized spacial score (nSPS) is 23.1. The van der Waals surface area contributed by atoms with Crippen LogP contribution in [0.25, 0.3) is 0 Å². The maximum Gasteiger partial charge on any atom is 0.323 e. The molecule has 0 aliphatic carbocycles. The number of carbonyl (C=O) groups excluding carboxylic acids is 3. The van der Waals surface area contributed by atoms with Crippen molar-refractivity contribution in [1.29, 1.82) is 0 Å². The van der Waals surface area contributed by atoms with Crippen molar-refractivity contribution in [3.05, 3.63) is 100 Å². The molecule has 2 fully saturated rings. The van der Waals surface area contributed by atoms with Crippen LogP contribution in [0.4, 0.5) is 5.69 Å². The molecule has 3 atom stereocenters. The van der Waals surface area contributed by atoms with Crippen LogP contribution in [0, 0.1) is 11.8 Å². The van der Waals surface area contributed by atoms with Gasteiger partial charge in [0.05, 0.1) is 30.2 Å². The fourth-order valence-corrected chi connectivity index (χ4v) is 5.61. The Morgan fingerprint density at radius 3 is 2.00 bits per heavy atom. The van der Waals surface area contributed by atoms with Crippen molar-refractivity contribution < 1.29 is 19.1 Å². The van der Waals surface area contributed by atoms with Gasteiger partial charge < -0.3 is 4.74 Å². The predicted molar refractivity (Wildman–Crippen MR) is 129 cm³/mol. The van der Waals surface area contributed by atoms with Crippen LogP contribution in [-0.2, 0) is 24.7 Å². The van der Waals surface area contributed by atoms with E-state index >= 15 is 0 Å². The number of hydrogen-bond donors (Lipinski definition) is 1. The molecule has 2 aliphatic rings. The van der Waals surface area contributed by atoms with E-state index in [9.17, 15) is 14.4 Å². The van der Waals surface area contributed by atoms with E-state index in [4.69, 9.17) is 27.9 Å². The second-order valence-electron chi connectivity index (χ2n) is 8.32. The summed E-state index contributed by atoms with van der Waals surface area (Å²) in [4.78, 5) is 41.8. The molecule has 172 valence electrons. The summed E-state index contributed by atoms with van der Waals surface area (Å²) in [5.41, 5.74) is 0.469. The highest BCUT2D eigenvalue weighted by Crippen LogP contribution is 2.53. The quantitative estimate of drug-likeness (QED) is 0.434. The van der Waals surface area contributed by atoms with E-state index in [0.29, 0.717) is 26.9 Å². The van der Waals surface area contributed by atoms with Crippen molar-refractivity contribution in [2.24, 2.45) is 11.8 Å². The SMILES string of the molecule is COC(=O)[C@@H]1NC(c2cccc(Cl)c2)(c2cccc(Cl)c2)[C@H]2C(=O)N(c3ccccc3)C(=O)[C@@H]12. The standard InChI is InChI=1S/C26H20Cl2N2O4/c1-34-25(33)22-20-21(24(32)30(23(20)31)19-11-3-2-4-12-19)26(29-22,15-7-5-9-17(27)13-15)16-8-6-10-18(28)14-16/h2-14,20-22,29H,1H3/t20-,21-,22-/m1/s1. The number of halogens is 2. The van der Waals surface area contributed by atoms with Gasteiger partial charge in [0, 0.05) is 10.0 Å². The highest BCUT2D eigenvalue weighted by molar-refractivity contribution is 6.31. The smallest absolute Gasteiger partial charge is 0.323 e. The number of nitrogens with zero attached hydrogens (tertiary/aromatic N) is 1. The number of rotatable bonds is 4. The highest BCUT2D eigenvalue weighted by Gasteiger charge is 2.68. The molecule has 0 aromatic heterocycles. The van der Waals surface area contributed by atoms with Crippen LogP contribution >= 0.6 is 23.2 Å². The Kier molecular flexibility index (Phi) is 5.68. The van der Waals surface area contributed by atoms with E-state index < -0.39 is 41.2 Å². The fraction of sp³-hybridized carbons (Fsp3) is 0.192. The first-order valence-corrected chi connectivity index (χ1v) is 11.4. The maximum absolute atomic E-state index is 14.0. The van der Waals surface area contributed by atoms with Gasteiger partial charge in [-0.2, -0.15) is 0 Å². The highest BCUT2D eigenvalue weighted by atomic mass is 35.5. The van der Waals surface area contributed by atoms with Gasteiger partial charge in [-0.3, -0.25) is 19.7 Å². The van der Waals surface area contributed by atoms with Crippen LogP contribution in [0.15, 0.2) is 78.9 Å². The first-order chi connectivity index (χ1) is 16.4. The number of benzene rings is 3. The van der Waals surface area contributed by atoms with Crippen LogP contribution in [0.5, 0.6) is 0 Å². The van der Waals surface area contributed by atoms with E-state index in [1.807, 2.05) is 12.1 Å². The van der Waals surface area contributed by atoms with Gasteiger partial charge in [0.25, 0.3) is 0 Å². The van der Waals surface area contributed by atoms with Crippen molar-refractivity contribution >= 4 is 46.7 Å². The van der Waals surface area contributed by atoms with Crippen LogP contribution in [0.3, 0.4) is 0 Å². The first-order valence-electron chi connectivity index (χ1n) is 10.7. The number of fused-ring (bicyclic) bond motifs is 1. The Hall–Kier alpha value is -3.19. The third-order valence-corrected chi connectivity index (χ3v) is 7.06. The molecule has 0 bridgehead atoms. The second-order valence-corrected chi connectivity index (χ2v) is 9.20. The molecule has 3 aromatic carbocycles. The topological polar surface area (TPSA) is 75.7 Å². The summed E-state index contributed by atoms with van der Waals surface area (Å²) in [5.74, 6) is -3.44. The summed E-state index contributed by atoms with van der Waals surface area (Å²) in [5, 5.41) is 4.23. The van der Waals surface area contributed by atoms with Gasteiger partial charge >= 0.3 is 5.97 Å². The van der Waals surface area contributed by atoms with Crippen LogP contribution < -0.4 is 10.2 Å². The zero-order chi connectivity index (χ0) is 24.0. The molecular weight excluding hydrogens is 475 g/mol. The van der Waals surface area contributed by atoms with Gasteiger partial charge in [0.15, 0.2) is 0 Å². The molecule has 2 saturated heterocycles. The molecule has 0 radical (unpaired) electrons. The first kappa shape index (κ1) is 22.6. The Morgan fingerprint density at radius 2 is 1.47 bits per heavy atom. The Balaban J connectivity index is 1.79. The van der Waals surface area contributed by atoms with Gasteiger partial charge in [0.2, 0.25) is 11.8 Å². The molecule has 0 saturated carbocycles. The van der Waals surface area contributed by atoms with Gasteiger partial charge in [0.1, 0.15) is 6.04 Å². The molecule has 8 heteroatoms. The number of ether oxygens (including phenoxy) is 1. The number of amides is 2. The third-order valence-electron chi connectivity index (χ3n) is 6.59. The summed E-state index contributed by atoms with van der Waals surface area (Å²) in [6.45, 7) is 0. The Morgan fingerprint density at radius 1 is 0.882 bits per heavy atom. The zero-order valence-corrected chi connectivity index (χ0v) is 19.6. The van der Waals surface area contributed by atoms with Crippen LogP contribution in [-0.4, -0.2) is 30.9 Å². The lowest BCUT2D eigenvalue weighted by molar-refractivity contribution is -0.145. The minimum Gasteiger partial charge on any atom is -0.468 e. The summed E-state index contributed by atoms with van der Waals surface area (Å²) in [6, 6.07) is 21.7. The number of hydrogen-bond acceptors (Lipinski definition) is 5. The third kappa shape index (κ3) is 3.33. The van der Waals surface area contributed by atoms with Crippen molar-refractivity contribution in [1.82, 2.24) is 5.32 Å². The number of carbonyl (C=O) groups is 3. The van der Waals surface area contributed by atoms with Gasteiger partial charge in [-0.25, -0.2) is 4.90 Å². The fourth-order valence-electron chi connectivity index (χ4n) is 5.23. The number of esters is 1. The van der Waals surface area contributed by atoms with Crippen molar-refractivity contribution in [3.8, 4) is 0 Å². The number of imide groups is 1. The number of methoxy groups -OCH3 is 1. The molecule has 34 heavy (non-hydrogen) atoms. The lowest BCUT2D eigenvalue weighted by Crippen LogP contribution is -2.52. The largest absolute Gasteiger partial charge is 0.468 e. The Labute approximate surface area is 206 Å². The van der Waals surface area contributed by atoms with E-state index in [2.05, 4.69) is 5.32 Å². The van der Waals surface area contributed by atoms with Crippen molar-refractivity contribution in [2.75, 3.05) is 12.0 Å². The summed E-state index contributed by atoms with van der Waals surface area (Å²) < 4.78 is 5.04. The summed E-state index contributed by atoms with van der Waals surface area (Å²) >= 11 is 12.7. The Bertz CT molecular complexity index is 1250. The lowest BCUT2D eigenvalue weighted by atomic mass is 9.71. The molecule has 1 N–H and O–H groups in total. The number of para-hydroxylation sites is 1. The lowest BCUT2D eigenvalue weighted by Gasteiger charge is -2.36. The second kappa shape index (κ2) is 8.55. The minimum absolute atomic E-state index is 0.417. The van der Waals surface area contributed by atoms with E-state index in [1.165, 1.54) is 7.11 Å². The number of anilines is 1. The average molecular weight is 495 g/mol. The zero-order valence-electron chi connectivity index (χ0n) is 18.1. The molecule has 5 rings (SSSR count). The van der Waals surface area contributed by atoms with E-state index in [-0.39, 0.29) is 0 Å².